The summed E-state index contributed by atoms with van der Waals surface area (Å²) in [7, 11) is -3.95. The number of rotatable bonds is 8. The molecule has 1 aliphatic rings. The standard InChI is InChI=1S/C26H22N4O4S/c27-24(31)26(15-16-26)21-14-8-7-13-20(21)22-17-23(34-18-9-3-1-4-10-18)29-25(28-22)30-35(32,33)19-11-5-2-6-12-19/h1-14,17H,15-16H2,(H2,27,31)(H,28,29,30). The fourth-order valence-corrected chi connectivity index (χ4v) is 4.91. The number of nitrogens with zero attached hydrogens (tertiary/aromatic N) is 2. The number of para-hydroxylation sites is 1. The molecule has 1 fully saturated rings. The van der Waals surface area contributed by atoms with Gasteiger partial charge in [-0.05, 0) is 42.7 Å². The number of carbonyl (C=O) groups is 1. The Hall–Kier alpha value is -4.24. The van der Waals surface area contributed by atoms with Gasteiger partial charge in [-0.1, -0.05) is 60.7 Å². The molecule has 3 aromatic carbocycles. The summed E-state index contributed by atoms with van der Waals surface area (Å²) in [6, 6.07) is 25.9. The Labute approximate surface area is 202 Å². The van der Waals surface area contributed by atoms with Crippen LogP contribution in [0.1, 0.15) is 18.4 Å². The summed E-state index contributed by atoms with van der Waals surface area (Å²) >= 11 is 0. The molecule has 0 unspecified atom stereocenters. The zero-order chi connectivity index (χ0) is 24.5. The van der Waals surface area contributed by atoms with E-state index >= 15 is 0 Å². The first-order chi connectivity index (χ1) is 16.9. The van der Waals surface area contributed by atoms with Crippen LogP contribution in [0.3, 0.4) is 0 Å². The first-order valence-electron chi connectivity index (χ1n) is 11.0. The lowest BCUT2D eigenvalue weighted by atomic mass is 9.89. The average Bonchev–Trinajstić information content (AvgIpc) is 3.67. The molecule has 0 saturated heterocycles. The van der Waals surface area contributed by atoms with Crippen molar-refractivity contribution in [2.24, 2.45) is 5.73 Å². The Morgan fingerprint density at radius 3 is 2.17 bits per heavy atom. The summed E-state index contributed by atoms with van der Waals surface area (Å²) in [6.45, 7) is 0. The van der Waals surface area contributed by atoms with Crippen molar-refractivity contribution >= 4 is 21.9 Å². The molecule has 1 aliphatic carbocycles. The summed E-state index contributed by atoms with van der Waals surface area (Å²) in [4.78, 5) is 21.1. The second-order valence-electron chi connectivity index (χ2n) is 8.24. The van der Waals surface area contributed by atoms with Gasteiger partial charge in [0.1, 0.15) is 5.75 Å². The summed E-state index contributed by atoms with van der Waals surface area (Å²) < 4.78 is 34.3. The molecule has 1 heterocycles. The molecule has 4 aromatic rings. The number of nitrogens with two attached hydrogens (primary N) is 1. The van der Waals surface area contributed by atoms with Crippen molar-refractivity contribution in [3.8, 4) is 22.9 Å². The molecule has 0 aliphatic heterocycles. The van der Waals surface area contributed by atoms with Crippen molar-refractivity contribution in [3.05, 3.63) is 96.6 Å². The molecule has 9 heteroatoms. The van der Waals surface area contributed by atoms with E-state index in [1.54, 1.807) is 36.4 Å². The van der Waals surface area contributed by atoms with Gasteiger partial charge in [0.2, 0.25) is 17.7 Å². The highest BCUT2D eigenvalue weighted by Gasteiger charge is 2.51. The van der Waals surface area contributed by atoms with E-state index < -0.39 is 21.3 Å². The lowest BCUT2D eigenvalue weighted by Gasteiger charge is -2.17. The van der Waals surface area contributed by atoms with Gasteiger partial charge < -0.3 is 10.5 Å². The van der Waals surface area contributed by atoms with Crippen LogP contribution >= 0.6 is 0 Å². The number of hydrogen-bond acceptors (Lipinski definition) is 6. The van der Waals surface area contributed by atoms with Gasteiger partial charge in [-0.2, -0.15) is 4.98 Å². The van der Waals surface area contributed by atoms with E-state index in [4.69, 9.17) is 10.5 Å². The van der Waals surface area contributed by atoms with Crippen molar-refractivity contribution in [1.82, 2.24) is 9.97 Å². The number of carbonyl (C=O) groups excluding carboxylic acids is 1. The zero-order valence-electron chi connectivity index (χ0n) is 18.6. The van der Waals surface area contributed by atoms with Crippen LogP contribution in [0.4, 0.5) is 5.95 Å². The van der Waals surface area contributed by atoms with Crippen LogP contribution in [0.2, 0.25) is 0 Å². The van der Waals surface area contributed by atoms with E-state index in [-0.39, 0.29) is 16.7 Å². The maximum absolute atomic E-state index is 13.0. The molecule has 1 amide bonds. The lowest BCUT2D eigenvalue weighted by Crippen LogP contribution is -2.28. The maximum Gasteiger partial charge on any atom is 0.264 e. The van der Waals surface area contributed by atoms with Crippen molar-refractivity contribution in [2.45, 2.75) is 23.2 Å². The summed E-state index contributed by atoms with van der Waals surface area (Å²) in [5, 5.41) is 0. The number of nitrogens with one attached hydrogen (secondary N) is 1. The minimum atomic E-state index is -3.95. The molecular formula is C26H22N4O4S. The van der Waals surface area contributed by atoms with E-state index in [0.29, 0.717) is 29.8 Å². The van der Waals surface area contributed by atoms with Crippen LogP contribution in [0.15, 0.2) is 95.9 Å². The smallest absolute Gasteiger partial charge is 0.264 e. The second kappa shape index (κ2) is 8.84. The molecule has 0 bridgehead atoms. The topological polar surface area (TPSA) is 124 Å². The van der Waals surface area contributed by atoms with Crippen LogP contribution in [-0.4, -0.2) is 24.3 Å². The second-order valence-corrected chi connectivity index (χ2v) is 9.92. The third-order valence-corrected chi connectivity index (χ3v) is 7.23. The van der Waals surface area contributed by atoms with Gasteiger partial charge in [0.05, 0.1) is 16.0 Å². The molecule has 1 saturated carbocycles. The van der Waals surface area contributed by atoms with Crippen LogP contribution in [0.5, 0.6) is 11.6 Å². The molecule has 176 valence electrons. The number of ether oxygens (including phenoxy) is 1. The molecular weight excluding hydrogens is 464 g/mol. The highest BCUT2D eigenvalue weighted by molar-refractivity contribution is 7.92. The molecule has 0 radical (unpaired) electrons. The number of primary amides is 1. The third kappa shape index (κ3) is 4.58. The molecule has 5 rings (SSSR count). The quantitative estimate of drug-likeness (QED) is 0.384. The van der Waals surface area contributed by atoms with Crippen LogP contribution in [-0.2, 0) is 20.2 Å². The van der Waals surface area contributed by atoms with Crippen LogP contribution in [0.25, 0.3) is 11.3 Å². The van der Waals surface area contributed by atoms with E-state index in [1.165, 1.54) is 12.1 Å². The van der Waals surface area contributed by atoms with E-state index in [9.17, 15) is 13.2 Å². The van der Waals surface area contributed by atoms with E-state index in [1.807, 2.05) is 42.5 Å². The minimum absolute atomic E-state index is 0.0746. The number of sulfonamides is 1. The Morgan fingerprint density at radius 2 is 1.51 bits per heavy atom. The fraction of sp³-hybridized carbons (Fsp3) is 0.115. The van der Waals surface area contributed by atoms with Crippen LogP contribution in [0, 0.1) is 0 Å². The number of amides is 1. The van der Waals surface area contributed by atoms with Crippen molar-refractivity contribution < 1.29 is 17.9 Å². The van der Waals surface area contributed by atoms with Gasteiger partial charge in [0.15, 0.2) is 0 Å². The first-order valence-corrected chi connectivity index (χ1v) is 12.5. The SMILES string of the molecule is NC(=O)C1(c2ccccc2-c2cc(Oc3ccccc3)nc(NS(=O)(=O)c3ccccc3)n2)CC1. The number of hydrogen-bond donors (Lipinski definition) is 2. The minimum Gasteiger partial charge on any atom is -0.439 e. The normalized spacial score (nSPS) is 14.2. The van der Waals surface area contributed by atoms with Crippen LogP contribution < -0.4 is 15.2 Å². The zero-order valence-corrected chi connectivity index (χ0v) is 19.4. The van der Waals surface area contributed by atoms with E-state index in [2.05, 4.69) is 14.7 Å². The Bertz CT molecular complexity index is 1490. The average molecular weight is 487 g/mol. The number of benzene rings is 3. The highest BCUT2D eigenvalue weighted by atomic mass is 32.2. The van der Waals surface area contributed by atoms with Crippen molar-refractivity contribution in [2.75, 3.05) is 4.72 Å². The van der Waals surface area contributed by atoms with Gasteiger partial charge in [0.25, 0.3) is 10.0 Å². The van der Waals surface area contributed by atoms with Gasteiger partial charge in [-0.15, -0.1) is 0 Å². The predicted octanol–water partition coefficient (Wildman–Crippen LogP) is 4.25. The molecule has 0 spiro atoms. The lowest BCUT2D eigenvalue weighted by molar-refractivity contribution is -0.120. The van der Waals surface area contributed by atoms with Gasteiger partial charge in [0, 0.05) is 11.6 Å². The molecule has 1 aromatic heterocycles. The fourth-order valence-electron chi connectivity index (χ4n) is 3.95. The van der Waals surface area contributed by atoms with Gasteiger partial charge in [-0.25, -0.2) is 18.1 Å². The number of anilines is 1. The monoisotopic (exact) mass is 486 g/mol. The third-order valence-electron chi connectivity index (χ3n) is 5.89. The van der Waals surface area contributed by atoms with Gasteiger partial charge >= 0.3 is 0 Å². The highest BCUT2D eigenvalue weighted by Crippen LogP contribution is 2.51. The van der Waals surface area contributed by atoms with E-state index in [0.717, 1.165) is 5.56 Å². The summed E-state index contributed by atoms with van der Waals surface area (Å²) in [5.41, 5.74) is 6.78. The predicted molar refractivity (Wildman–Crippen MR) is 131 cm³/mol. The molecule has 3 N–H and O–H groups in total. The Kier molecular flexibility index (Phi) is 5.70. The maximum atomic E-state index is 13.0. The largest absolute Gasteiger partial charge is 0.439 e. The Morgan fingerprint density at radius 1 is 0.886 bits per heavy atom. The van der Waals surface area contributed by atoms with Crippen molar-refractivity contribution in [3.63, 3.8) is 0 Å². The number of aromatic nitrogens is 2. The van der Waals surface area contributed by atoms with Gasteiger partial charge in [-0.3, -0.25) is 4.79 Å². The Balaban J connectivity index is 1.61. The summed E-state index contributed by atoms with van der Waals surface area (Å²) in [5.74, 6) is 0.115. The van der Waals surface area contributed by atoms with Crippen molar-refractivity contribution in [1.29, 1.82) is 0 Å². The first kappa shape index (κ1) is 22.5. The molecule has 35 heavy (non-hydrogen) atoms. The molecule has 8 nitrogen and oxygen atoms in total. The summed E-state index contributed by atoms with van der Waals surface area (Å²) in [6.07, 6.45) is 1.29. The molecule has 0 atom stereocenters.